The Labute approximate surface area is 216 Å². The lowest BCUT2D eigenvalue weighted by Crippen LogP contribution is -2.26. The third-order valence-electron chi connectivity index (χ3n) is 5.58. The number of aliphatic hydroxyl groups excluding tert-OH is 2. The highest BCUT2D eigenvalue weighted by molar-refractivity contribution is 5.94. The van der Waals surface area contributed by atoms with Crippen molar-refractivity contribution in [2.75, 3.05) is 6.61 Å². The van der Waals surface area contributed by atoms with Crippen LogP contribution in [0.3, 0.4) is 0 Å². The van der Waals surface area contributed by atoms with E-state index in [1.54, 1.807) is 13.8 Å². The Kier molecular flexibility index (Phi) is 9.48. The van der Waals surface area contributed by atoms with Crippen LogP contribution in [0.5, 0.6) is 5.88 Å². The normalized spacial score (nSPS) is 12.8. The largest absolute Gasteiger partial charge is 0.481 e. The van der Waals surface area contributed by atoms with Crippen molar-refractivity contribution in [1.29, 1.82) is 0 Å². The van der Waals surface area contributed by atoms with Crippen LogP contribution in [0.15, 0.2) is 42.5 Å². The average Bonchev–Trinajstić information content (AvgIpc) is 3.23. The van der Waals surface area contributed by atoms with Crippen molar-refractivity contribution in [2.45, 2.75) is 51.4 Å². The summed E-state index contributed by atoms with van der Waals surface area (Å²) >= 11 is 0. The van der Waals surface area contributed by atoms with Gasteiger partial charge in [0.05, 0.1) is 24.3 Å². The van der Waals surface area contributed by atoms with Crippen molar-refractivity contribution < 1.29 is 42.8 Å². The highest BCUT2D eigenvalue weighted by Gasteiger charge is 2.28. The second-order valence-corrected chi connectivity index (χ2v) is 8.96. The number of carbonyl (C=O) groups is 2. The molecule has 1 aromatic heterocycles. The van der Waals surface area contributed by atoms with Crippen molar-refractivity contribution in [3.05, 3.63) is 76.7 Å². The summed E-state index contributed by atoms with van der Waals surface area (Å²) in [5.41, 5.74) is 0.502. The maximum Gasteiger partial charge on any atom is 0.305 e. The second kappa shape index (κ2) is 12.6. The molecule has 3 aromatic rings. The molecule has 0 aliphatic heterocycles. The number of aliphatic carboxylic acids is 1. The number of hydrogen-bond acceptors (Lipinski definition) is 6. The quantitative estimate of drug-likeness (QED) is 0.280. The van der Waals surface area contributed by atoms with Gasteiger partial charge >= 0.3 is 5.97 Å². The lowest BCUT2D eigenvalue weighted by atomic mass is 10.0. The summed E-state index contributed by atoms with van der Waals surface area (Å²) in [5, 5.41) is 35.7. The van der Waals surface area contributed by atoms with Gasteiger partial charge in [0.1, 0.15) is 12.4 Å². The van der Waals surface area contributed by atoms with Crippen LogP contribution in [0.2, 0.25) is 0 Å². The minimum absolute atomic E-state index is 0.0560. The van der Waals surface area contributed by atoms with Crippen molar-refractivity contribution in [3.8, 4) is 11.6 Å². The van der Waals surface area contributed by atoms with Gasteiger partial charge in [0.15, 0.2) is 17.3 Å². The fraction of sp³-hybridized carbons (Fsp3) is 0.346. The van der Waals surface area contributed by atoms with Crippen LogP contribution in [0.25, 0.3) is 5.69 Å². The molecule has 2 aromatic carbocycles. The molecule has 9 nitrogen and oxygen atoms in total. The first-order valence-electron chi connectivity index (χ1n) is 11.8. The molecule has 0 radical (unpaired) electrons. The topological polar surface area (TPSA) is 134 Å². The molecule has 2 atom stereocenters. The number of hydrogen-bond donors (Lipinski definition) is 4. The number of amides is 1. The van der Waals surface area contributed by atoms with Gasteiger partial charge in [-0.2, -0.15) is 5.10 Å². The van der Waals surface area contributed by atoms with Gasteiger partial charge in [-0.05, 0) is 36.2 Å². The summed E-state index contributed by atoms with van der Waals surface area (Å²) in [6.07, 6.45) is -3.39. The SMILES string of the molecule is CC(C)c1c(C(=O)NCc2cccc(F)c2F)nn(-c2ccc(F)cc2)c1OC[C@@H](O)C[C@@H](O)CC(=O)O. The number of rotatable bonds is 12. The van der Waals surface area contributed by atoms with Crippen molar-refractivity contribution >= 4 is 11.9 Å². The summed E-state index contributed by atoms with van der Waals surface area (Å²) < 4.78 is 48.2. The van der Waals surface area contributed by atoms with E-state index in [0.717, 1.165) is 6.07 Å². The average molecular weight is 536 g/mol. The number of nitrogens with zero attached hydrogens (tertiary/aromatic N) is 2. The molecule has 3 rings (SSSR count). The lowest BCUT2D eigenvalue weighted by molar-refractivity contribution is -0.139. The maximum atomic E-state index is 14.0. The van der Waals surface area contributed by atoms with E-state index in [0.29, 0.717) is 11.3 Å². The van der Waals surface area contributed by atoms with Gasteiger partial charge in [-0.25, -0.2) is 17.9 Å². The van der Waals surface area contributed by atoms with Crippen LogP contribution >= 0.6 is 0 Å². The zero-order valence-electron chi connectivity index (χ0n) is 20.7. The third kappa shape index (κ3) is 7.11. The van der Waals surface area contributed by atoms with E-state index in [1.165, 1.54) is 41.1 Å². The van der Waals surface area contributed by atoms with Crippen molar-refractivity contribution in [1.82, 2.24) is 15.1 Å². The van der Waals surface area contributed by atoms with E-state index in [-0.39, 0.29) is 42.6 Å². The number of carboxylic acid groups (broad SMARTS) is 1. The van der Waals surface area contributed by atoms with E-state index in [9.17, 15) is 33.0 Å². The number of carboxylic acids is 1. The van der Waals surface area contributed by atoms with Crippen molar-refractivity contribution in [3.63, 3.8) is 0 Å². The van der Waals surface area contributed by atoms with Crippen LogP contribution in [-0.2, 0) is 11.3 Å². The van der Waals surface area contributed by atoms with Gasteiger partial charge in [0.25, 0.3) is 5.91 Å². The predicted octanol–water partition coefficient (Wildman–Crippen LogP) is 3.31. The van der Waals surface area contributed by atoms with Gasteiger partial charge in [0.2, 0.25) is 5.88 Å². The van der Waals surface area contributed by atoms with Gasteiger partial charge in [-0.3, -0.25) is 9.59 Å². The van der Waals surface area contributed by atoms with E-state index in [2.05, 4.69) is 10.4 Å². The number of nitrogens with one attached hydrogen (secondary N) is 1. The predicted molar refractivity (Wildman–Crippen MR) is 130 cm³/mol. The highest BCUT2D eigenvalue weighted by atomic mass is 19.2. The Morgan fingerprint density at radius 1 is 1.05 bits per heavy atom. The Bertz CT molecular complexity index is 1280. The molecule has 1 heterocycles. The van der Waals surface area contributed by atoms with Crippen LogP contribution in [0.4, 0.5) is 13.2 Å². The molecule has 0 bridgehead atoms. The minimum atomic E-state index is -1.30. The zero-order chi connectivity index (χ0) is 28.0. The van der Waals surface area contributed by atoms with Crippen molar-refractivity contribution in [2.24, 2.45) is 0 Å². The molecular weight excluding hydrogens is 507 g/mol. The summed E-state index contributed by atoms with van der Waals surface area (Å²) in [6.45, 7) is 2.82. The monoisotopic (exact) mass is 535 g/mol. The van der Waals surface area contributed by atoms with Crippen LogP contribution in [-0.4, -0.2) is 55.8 Å². The molecular formula is C26H28F3N3O6. The van der Waals surface area contributed by atoms with Gasteiger partial charge < -0.3 is 25.4 Å². The van der Waals surface area contributed by atoms with E-state index in [1.807, 2.05) is 0 Å². The number of ether oxygens (including phenoxy) is 1. The summed E-state index contributed by atoms with van der Waals surface area (Å²) in [4.78, 5) is 23.9. The number of benzene rings is 2. The lowest BCUT2D eigenvalue weighted by Gasteiger charge is -2.17. The second-order valence-electron chi connectivity index (χ2n) is 8.96. The first-order valence-corrected chi connectivity index (χ1v) is 11.8. The Morgan fingerprint density at radius 3 is 2.37 bits per heavy atom. The molecule has 0 spiro atoms. The fourth-order valence-electron chi connectivity index (χ4n) is 3.79. The Morgan fingerprint density at radius 2 is 1.74 bits per heavy atom. The molecule has 0 fully saturated rings. The van der Waals surface area contributed by atoms with Gasteiger partial charge in [-0.15, -0.1) is 0 Å². The van der Waals surface area contributed by atoms with E-state index in [4.69, 9.17) is 9.84 Å². The zero-order valence-corrected chi connectivity index (χ0v) is 20.7. The molecule has 1 amide bonds. The number of carbonyl (C=O) groups excluding carboxylic acids is 1. The molecule has 0 saturated carbocycles. The van der Waals surface area contributed by atoms with Gasteiger partial charge in [-0.1, -0.05) is 26.0 Å². The maximum absolute atomic E-state index is 14.0. The molecule has 38 heavy (non-hydrogen) atoms. The number of halogens is 3. The summed E-state index contributed by atoms with van der Waals surface area (Å²) in [5.74, 6) is -4.87. The highest BCUT2D eigenvalue weighted by Crippen LogP contribution is 2.33. The first-order chi connectivity index (χ1) is 18.0. The van der Waals surface area contributed by atoms with Gasteiger partial charge in [0, 0.05) is 24.1 Å². The molecule has 0 aliphatic rings. The minimum Gasteiger partial charge on any atom is -0.481 e. The fourth-order valence-corrected chi connectivity index (χ4v) is 3.79. The molecule has 0 unspecified atom stereocenters. The van der Waals surface area contributed by atoms with Crippen LogP contribution < -0.4 is 10.1 Å². The molecule has 0 saturated heterocycles. The number of aliphatic hydroxyl groups is 2. The Balaban J connectivity index is 1.92. The van der Waals surface area contributed by atoms with Crippen LogP contribution in [0.1, 0.15) is 54.2 Å². The summed E-state index contributed by atoms with van der Waals surface area (Å²) in [7, 11) is 0. The Hall–Kier alpha value is -3.90. The van der Waals surface area contributed by atoms with Crippen LogP contribution in [0, 0.1) is 17.5 Å². The molecule has 12 heteroatoms. The smallest absolute Gasteiger partial charge is 0.305 e. The molecule has 4 N–H and O–H groups in total. The van der Waals surface area contributed by atoms with E-state index < -0.39 is 48.0 Å². The first kappa shape index (κ1) is 28.7. The summed E-state index contributed by atoms with van der Waals surface area (Å²) in [6, 6.07) is 8.76. The standard InChI is InChI=1S/C26H28F3N3O6/c1-14(2)22-24(25(37)30-12-15-4-3-5-20(28)23(15)29)31-32(17-8-6-16(27)7-9-17)26(22)38-13-19(34)10-18(33)11-21(35)36/h3-9,14,18-19,33-34H,10-13H2,1-2H3,(H,30,37)(H,35,36)/t18-,19+/m1/s1. The molecule has 0 aliphatic carbocycles. The molecule has 204 valence electrons. The van der Waals surface area contributed by atoms with E-state index >= 15 is 0 Å². The third-order valence-corrected chi connectivity index (χ3v) is 5.58. The number of aromatic nitrogens is 2.